The van der Waals surface area contributed by atoms with Crippen LogP contribution in [0.2, 0.25) is 0 Å². The number of carbonyl (C=O) groups is 1. The highest BCUT2D eigenvalue weighted by atomic mass is 16.5. The zero-order valence-corrected chi connectivity index (χ0v) is 14.3. The summed E-state index contributed by atoms with van der Waals surface area (Å²) in [6.07, 6.45) is 2.29. The van der Waals surface area contributed by atoms with Gasteiger partial charge in [0.25, 0.3) is 0 Å². The lowest BCUT2D eigenvalue weighted by Gasteiger charge is -2.23. The predicted molar refractivity (Wildman–Crippen MR) is 89.4 cm³/mol. The Balaban J connectivity index is 2.27. The molecule has 1 N–H and O–H groups in total. The molecular formula is C18H29NO3. The molecule has 0 aliphatic carbocycles. The number of rotatable bonds is 10. The molecule has 1 amide bonds. The molecule has 0 aliphatic heterocycles. The average molecular weight is 307 g/mol. The van der Waals surface area contributed by atoms with Crippen LogP contribution in [0.25, 0.3) is 0 Å². The van der Waals surface area contributed by atoms with E-state index in [1.807, 2.05) is 12.1 Å². The molecule has 0 aliphatic rings. The SMILES string of the molecule is CCC(C)(C)c1ccc(OCCCC(=O)NCCOC)cc1. The molecule has 0 bridgehead atoms. The summed E-state index contributed by atoms with van der Waals surface area (Å²) >= 11 is 0. The van der Waals surface area contributed by atoms with Gasteiger partial charge in [-0.25, -0.2) is 0 Å². The molecule has 22 heavy (non-hydrogen) atoms. The summed E-state index contributed by atoms with van der Waals surface area (Å²) in [5.74, 6) is 0.899. The fraction of sp³-hybridized carbons (Fsp3) is 0.611. The average Bonchev–Trinajstić information content (AvgIpc) is 2.52. The van der Waals surface area contributed by atoms with E-state index < -0.39 is 0 Å². The van der Waals surface area contributed by atoms with Crippen LogP contribution in [0.3, 0.4) is 0 Å². The predicted octanol–water partition coefficient (Wildman–Crippen LogP) is 3.30. The number of carbonyl (C=O) groups excluding carboxylic acids is 1. The zero-order chi connectivity index (χ0) is 16.4. The van der Waals surface area contributed by atoms with Gasteiger partial charge < -0.3 is 14.8 Å². The Hall–Kier alpha value is -1.55. The first-order valence-corrected chi connectivity index (χ1v) is 7.98. The summed E-state index contributed by atoms with van der Waals surface area (Å²) in [6.45, 7) is 8.33. The Bertz CT molecular complexity index is 440. The lowest BCUT2D eigenvalue weighted by atomic mass is 9.82. The van der Waals surface area contributed by atoms with Crippen molar-refractivity contribution < 1.29 is 14.3 Å². The lowest BCUT2D eigenvalue weighted by Crippen LogP contribution is -2.26. The minimum Gasteiger partial charge on any atom is -0.494 e. The second kappa shape index (κ2) is 9.46. The topological polar surface area (TPSA) is 47.6 Å². The molecule has 0 unspecified atom stereocenters. The maximum absolute atomic E-state index is 11.5. The van der Waals surface area contributed by atoms with E-state index in [4.69, 9.17) is 9.47 Å². The van der Waals surface area contributed by atoms with E-state index in [0.717, 1.165) is 12.2 Å². The number of ether oxygens (including phenoxy) is 2. The Labute approximate surface area is 134 Å². The monoisotopic (exact) mass is 307 g/mol. The number of nitrogens with one attached hydrogen (secondary N) is 1. The van der Waals surface area contributed by atoms with Crippen molar-refractivity contribution in [1.29, 1.82) is 0 Å². The van der Waals surface area contributed by atoms with Gasteiger partial charge in [-0.2, -0.15) is 0 Å². The molecule has 4 nitrogen and oxygen atoms in total. The smallest absolute Gasteiger partial charge is 0.220 e. The first-order valence-electron chi connectivity index (χ1n) is 7.98. The van der Waals surface area contributed by atoms with Gasteiger partial charge in [-0.05, 0) is 36.0 Å². The molecule has 0 radical (unpaired) electrons. The van der Waals surface area contributed by atoms with Gasteiger partial charge in [0, 0.05) is 20.1 Å². The van der Waals surface area contributed by atoms with Crippen molar-refractivity contribution in [2.45, 2.75) is 45.4 Å². The van der Waals surface area contributed by atoms with Gasteiger partial charge in [0.15, 0.2) is 0 Å². The summed E-state index contributed by atoms with van der Waals surface area (Å²) in [6, 6.07) is 8.25. The van der Waals surface area contributed by atoms with E-state index in [-0.39, 0.29) is 11.3 Å². The van der Waals surface area contributed by atoms with Gasteiger partial charge >= 0.3 is 0 Å². The van der Waals surface area contributed by atoms with Crippen LogP contribution in [0.1, 0.15) is 45.6 Å². The quantitative estimate of drug-likeness (QED) is 0.675. The second-order valence-electron chi connectivity index (χ2n) is 6.06. The summed E-state index contributed by atoms with van der Waals surface area (Å²) in [5.41, 5.74) is 1.51. The van der Waals surface area contributed by atoms with Crippen molar-refractivity contribution in [3.63, 3.8) is 0 Å². The van der Waals surface area contributed by atoms with Gasteiger partial charge in [-0.3, -0.25) is 4.79 Å². The van der Waals surface area contributed by atoms with Crippen LogP contribution in [0.4, 0.5) is 0 Å². The van der Waals surface area contributed by atoms with Gasteiger partial charge in [0.05, 0.1) is 13.2 Å². The van der Waals surface area contributed by atoms with E-state index >= 15 is 0 Å². The zero-order valence-electron chi connectivity index (χ0n) is 14.3. The summed E-state index contributed by atoms with van der Waals surface area (Å²) in [7, 11) is 1.62. The van der Waals surface area contributed by atoms with Crippen LogP contribution < -0.4 is 10.1 Å². The van der Waals surface area contributed by atoms with Crippen LogP contribution in [-0.4, -0.2) is 32.8 Å². The second-order valence-corrected chi connectivity index (χ2v) is 6.06. The standard InChI is InChI=1S/C18H29NO3/c1-5-18(2,3)15-8-10-16(11-9-15)22-13-6-7-17(20)19-12-14-21-4/h8-11H,5-7,12-14H2,1-4H3,(H,19,20). The fourth-order valence-electron chi connectivity index (χ4n) is 2.01. The van der Waals surface area contributed by atoms with Crippen molar-refractivity contribution in [2.75, 3.05) is 26.9 Å². The molecule has 1 aromatic carbocycles. The molecule has 0 fully saturated rings. The number of amides is 1. The Morgan fingerprint density at radius 3 is 2.45 bits per heavy atom. The van der Waals surface area contributed by atoms with E-state index in [2.05, 4.69) is 38.2 Å². The molecule has 4 heteroatoms. The van der Waals surface area contributed by atoms with Gasteiger partial charge in [0.1, 0.15) is 5.75 Å². The molecule has 0 saturated heterocycles. The minimum atomic E-state index is 0.0423. The summed E-state index contributed by atoms with van der Waals surface area (Å²) in [5, 5.41) is 2.79. The maximum atomic E-state index is 11.5. The van der Waals surface area contributed by atoms with Crippen molar-refractivity contribution >= 4 is 5.91 Å². The first-order chi connectivity index (χ1) is 10.5. The molecule has 0 saturated carbocycles. The number of hydrogen-bond donors (Lipinski definition) is 1. The highest BCUT2D eigenvalue weighted by Gasteiger charge is 2.17. The van der Waals surface area contributed by atoms with Crippen LogP contribution in [0, 0.1) is 0 Å². The molecular weight excluding hydrogens is 278 g/mol. The molecule has 0 heterocycles. The maximum Gasteiger partial charge on any atom is 0.220 e. The van der Waals surface area contributed by atoms with Crippen molar-refractivity contribution in [1.82, 2.24) is 5.32 Å². The Morgan fingerprint density at radius 2 is 1.86 bits per heavy atom. The van der Waals surface area contributed by atoms with Crippen molar-refractivity contribution in [2.24, 2.45) is 0 Å². The van der Waals surface area contributed by atoms with Gasteiger partial charge in [0.2, 0.25) is 5.91 Å². The van der Waals surface area contributed by atoms with E-state index in [9.17, 15) is 4.79 Å². The largest absolute Gasteiger partial charge is 0.494 e. The fourth-order valence-corrected chi connectivity index (χ4v) is 2.01. The van der Waals surface area contributed by atoms with Crippen molar-refractivity contribution in [3.8, 4) is 5.75 Å². The first kappa shape index (κ1) is 18.5. The third kappa shape index (κ3) is 6.48. The van der Waals surface area contributed by atoms with Crippen molar-refractivity contribution in [3.05, 3.63) is 29.8 Å². The Morgan fingerprint density at radius 1 is 1.18 bits per heavy atom. The lowest BCUT2D eigenvalue weighted by molar-refractivity contribution is -0.121. The minimum absolute atomic E-state index is 0.0423. The molecule has 1 aromatic rings. The molecule has 0 atom stereocenters. The number of benzene rings is 1. The normalized spacial score (nSPS) is 11.3. The van der Waals surface area contributed by atoms with E-state index in [0.29, 0.717) is 32.6 Å². The third-order valence-electron chi connectivity index (χ3n) is 3.96. The van der Waals surface area contributed by atoms with Crippen LogP contribution in [-0.2, 0) is 14.9 Å². The Kier molecular flexibility index (Phi) is 7.96. The highest BCUT2D eigenvalue weighted by molar-refractivity contribution is 5.75. The van der Waals surface area contributed by atoms with Gasteiger partial charge in [-0.1, -0.05) is 32.9 Å². The van der Waals surface area contributed by atoms with Crippen LogP contribution >= 0.6 is 0 Å². The van der Waals surface area contributed by atoms with E-state index in [1.54, 1.807) is 7.11 Å². The molecule has 0 aromatic heterocycles. The summed E-state index contributed by atoms with van der Waals surface area (Å²) in [4.78, 5) is 11.5. The van der Waals surface area contributed by atoms with Gasteiger partial charge in [-0.15, -0.1) is 0 Å². The third-order valence-corrected chi connectivity index (χ3v) is 3.96. The van der Waals surface area contributed by atoms with Crippen LogP contribution in [0.5, 0.6) is 5.75 Å². The molecule has 124 valence electrons. The molecule has 1 rings (SSSR count). The molecule has 0 spiro atoms. The number of hydrogen-bond acceptors (Lipinski definition) is 3. The highest BCUT2D eigenvalue weighted by Crippen LogP contribution is 2.28. The van der Waals surface area contributed by atoms with E-state index in [1.165, 1.54) is 5.56 Å². The van der Waals surface area contributed by atoms with Crippen LogP contribution in [0.15, 0.2) is 24.3 Å². The number of methoxy groups -OCH3 is 1. The summed E-state index contributed by atoms with van der Waals surface area (Å²) < 4.78 is 10.6.